The Morgan fingerprint density at radius 1 is 1.04 bits per heavy atom. The van der Waals surface area contributed by atoms with Crippen molar-refractivity contribution >= 4 is 11.6 Å². The smallest absolute Gasteiger partial charge is 0.314 e. The minimum atomic E-state index is -4.47. The highest BCUT2D eigenvalue weighted by atomic mass is 35.5. The van der Waals surface area contributed by atoms with Crippen molar-refractivity contribution in [3.63, 3.8) is 0 Å². The van der Waals surface area contributed by atoms with E-state index in [-0.39, 0.29) is 11.1 Å². The van der Waals surface area contributed by atoms with Gasteiger partial charge in [-0.15, -0.1) is 0 Å². The van der Waals surface area contributed by atoms with Gasteiger partial charge in [-0.2, -0.15) is 13.2 Å². The third-order valence-electron chi connectivity index (χ3n) is 4.83. The van der Waals surface area contributed by atoms with Crippen LogP contribution in [-0.2, 0) is 12.6 Å². The Hall–Kier alpha value is -1.56. The van der Waals surface area contributed by atoms with Gasteiger partial charge in [0.05, 0.1) is 16.6 Å². The number of piperazine rings is 1. The third-order valence-corrected chi connectivity index (χ3v) is 5.16. The second kappa shape index (κ2) is 7.99. The molecule has 0 amide bonds. The van der Waals surface area contributed by atoms with E-state index in [9.17, 15) is 13.2 Å². The summed E-state index contributed by atoms with van der Waals surface area (Å²) in [5, 5.41) is 3.03. The molecule has 1 saturated heterocycles. The van der Waals surface area contributed by atoms with Gasteiger partial charge in [-0.3, -0.25) is 4.90 Å². The maximum atomic E-state index is 13.3. The largest absolute Gasteiger partial charge is 0.417 e. The van der Waals surface area contributed by atoms with E-state index < -0.39 is 11.7 Å². The maximum absolute atomic E-state index is 13.3. The highest BCUT2D eigenvalue weighted by Crippen LogP contribution is 2.38. The number of halogens is 4. The van der Waals surface area contributed by atoms with Crippen LogP contribution in [0.25, 0.3) is 0 Å². The molecule has 0 bridgehead atoms. The Morgan fingerprint density at radius 3 is 2.23 bits per heavy atom. The zero-order valence-electron chi connectivity index (χ0n) is 14.6. The van der Waals surface area contributed by atoms with E-state index in [0.717, 1.165) is 38.2 Å². The first-order chi connectivity index (χ1) is 12.4. The quantitative estimate of drug-likeness (QED) is 0.807. The van der Waals surface area contributed by atoms with Crippen molar-refractivity contribution in [2.45, 2.75) is 25.6 Å². The summed E-state index contributed by atoms with van der Waals surface area (Å²) in [6.45, 7) is 5.29. The average Bonchev–Trinajstić information content (AvgIpc) is 2.64. The number of hydrogen-bond donors (Lipinski definition) is 1. The molecule has 2 nitrogen and oxygen atoms in total. The van der Waals surface area contributed by atoms with E-state index in [2.05, 4.69) is 17.1 Å². The summed E-state index contributed by atoms with van der Waals surface area (Å²) in [6.07, 6.45) is -3.54. The van der Waals surface area contributed by atoms with Gasteiger partial charge >= 0.3 is 6.18 Å². The van der Waals surface area contributed by atoms with Crippen LogP contribution in [0.5, 0.6) is 0 Å². The van der Waals surface area contributed by atoms with Crippen molar-refractivity contribution in [3.05, 3.63) is 69.7 Å². The SMILES string of the molecule is CCc1ccc(C(c2ccc(Cl)c(C(F)(F)F)c2)N2CCNCC2)cc1. The number of rotatable bonds is 4. The molecule has 26 heavy (non-hydrogen) atoms. The van der Waals surface area contributed by atoms with E-state index in [1.165, 1.54) is 17.7 Å². The van der Waals surface area contributed by atoms with E-state index >= 15 is 0 Å². The molecule has 1 aliphatic heterocycles. The molecule has 0 saturated carbocycles. The molecular weight excluding hydrogens is 361 g/mol. The van der Waals surface area contributed by atoms with Gasteiger partial charge in [0.15, 0.2) is 0 Å². The van der Waals surface area contributed by atoms with Crippen LogP contribution in [0.4, 0.5) is 13.2 Å². The number of benzene rings is 2. The van der Waals surface area contributed by atoms with Crippen LogP contribution in [-0.4, -0.2) is 31.1 Å². The normalized spacial score (nSPS) is 17.3. The fourth-order valence-electron chi connectivity index (χ4n) is 3.42. The predicted molar refractivity (Wildman–Crippen MR) is 98.6 cm³/mol. The molecule has 2 aromatic carbocycles. The monoisotopic (exact) mass is 382 g/mol. The van der Waals surface area contributed by atoms with Gasteiger partial charge in [-0.1, -0.05) is 48.9 Å². The lowest BCUT2D eigenvalue weighted by Crippen LogP contribution is -2.45. The Balaban J connectivity index is 2.05. The lowest BCUT2D eigenvalue weighted by atomic mass is 9.94. The first-order valence-corrected chi connectivity index (χ1v) is 9.18. The van der Waals surface area contributed by atoms with Crippen molar-refractivity contribution in [1.29, 1.82) is 0 Å². The molecule has 140 valence electrons. The van der Waals surface area contributed by atoms with Gasteiger partial charge in [-0.05, 0) is 35.2 Å². The summed E-state index contributed by atoms with van der Waals surface area (Å²) in [6, 6.07) is 12.2. The van der Waals surface area contributed by atoms with Crippen LogP contribution in [0.2, 0.25) is 5.02 Å². The summed E-state index contributed by atoms with van der Waals surface area (Å²) in [4.78, 5) is 2.22. The van der Waals surface area contributed by atoms with Crippen LogP contribution >= 0.6 is 11.6 Å². The highest BCUT2D eigenvalue weighted by Gasteiger charge is 2.34. The van der Waals surface area contributed by atoms with Crippen molar-refractivity contribution in [3.8, 4) is 0 Å². The molecule has 0 aromatic heterocycles. The average molecular weight is 383 g/mol. The van der Waals surface area contributed by atoms with Crippen LogP contribution in [0, 0.1) is 0 Å². The summed E-state index contributed by atoms with van der Waals surface area (Å²) in [5.41, 5.74) is 2.05. The molecule has 6 heteroatoms. The Kier molecular flexibility index (Phi) is 5.90. The standard InChI is InChI=1S/C20H22ClF3N2/c1-2-14-3-5-15(6-4-14)19(26-11-9-25-10-12-26)16-7-8-18(21)17(13-16)20(22,23)24/h3-8,13,19,25H,2,9-12H2,1H3. The molecule has 1 N–H and O–H groups in total. The topological polar surface area (TPSA) is 15.3 Å². The second-order valence-electron chi connectivity index (χ2n) is 6.52. The van der Waals surface area contributed by atoms with Gasteiger partial charge in [0.25, 0.3) is 0 Å². The fraction of sp³-hybridized carbons (Fsp3) is 0.400. The molecule has 0 aliphatic carbocycles. The first kappa shape index (κ1) is 19.2. The summed E-state index contributed by atoms with van der Waals surface area (Å²) >= 11 is 5.81. The summed E-state index contributed by atoms with van der Waals surface area (Å²) < 4.78 is 40.0. The van der Waals surface area contributed by atoms with Crippen molar-refractivity contribution < 1.29 is 13.2 Å². The molecule has 1 fully saturated rings. The molecule has 0 radical (unpaired) electrons. The van der Waals surface area contributed by atoms with Crippen LogP contribution in [0.3, 0.4) is 0 Å². The molecule has 0 spiro atoms. The molecule has 1 heterocycles. The van der Waals surface area contributed by atoms with Gasteiger partial charge in [0, 0.05) is 26.2 Å². The zero-order valence-corrected chi connectivity index (χ0v) is 15.4. The third kappa shape index (κ3) is 4.22. The lowest BCUT2D eigenvalue weighted by molar-refractivity contribution is -0.137. The molecule has 1 atom stereocenters. The molecular formula is C20H22ClF3N2. The first-order valence-electron chi connectivity index (χ1n) is 8.80. The number of alkyl halides is 3. The zero-order chi connectivity index (χ0) is 18.7. The molecule has 1 unspecified atom stereocenters. The Morgan fingerprint density at radius 2 is 1.65 bits per heavy atom. The summed E-state index contributed by atoms with van der Waals surface area (Å²) in [7, 11) is 0. The molecule has 1 aliphatic rings. The number of hydrogen-bond acceptors (Lipinski definition) is 2. The van der Waals surface area contributed by atoms with Gasteiger partial charge < -0.3 is 5.32 Å². The van der Waals surface area contributed by atoms with Crippen LogP contribution in [0.1, 0.15) is 35.2 Å². The number of nitrogens with one attached hydrogen (secondary N) is 1. The van der Waals surface area contributed by atoms with Gasteiger partial charge in [0.1, 0.15) is 0 Å². The minimum absolute atomic E-state index is 0.221. The fourth-order valence-corrected chi connectivity index (χ4v) is 3.64. The van der Waals surface area contributed by atoms with E-state index in [1.54, 1.807) is 6.07 Å². The number of aryl methyl sites for hydroxylation is 1. The molecule has 3 rings (SSSR count). The van der Waals surface area contributed by atoms with Crippen LogP contribution < -0.4 is 5.32 Å². The number of nitrogens with zero attached hydrogens (tertiary/aromatic N) is 1. The Bertz CT molecular complexity index is 738. The van der Waals surface area contributed by atoms with Crippen molar-refractivity contribution in [1.82, 2.24) is 10.2 Å². The predicted octanol–water partition coefficient (Wildman–Crippen LogP) is 4.92. The highest BCUT2D eigenvalue weighted by molar-refractivity contribution is 6.31. The van der Waals surface area contributed by atoms with Gasteiger partial charge in [-0.25, -0.2) is 0 Å². The minimum Gasteiger partial charge on any atom is -0.314 e. The Labute approximate surface area is 157 Å². The summed E-state index contributed by atoms with van der Waals surface area (Å²) in [5.74, 6) is 0. The van der Waals surface area contributed by atoms with Crippen molar-refractivity contribution in [2.75, 3.05) is 26.2 Å². The maximum Gasteiger partial charge on any atom is 0.417 e. The van der Waals surface area contributed by atoms with Crippen LogP contribution in [0.15, 0.2) is 42.5 Å². The van der Waals surface area contributed by atoms with E-state index in [0.29, 0.717) is 5.56 Å². The lowest BCUT2D eigenvalue weighted by Gasteiger charge is -2.36. The van der Waals surface area contributed by atoms with E-state index in [1.807, 2.05) is 24.3 Å². The molecule has 2 aromatic rings. The second-order valence-corrected chi connectivity index (χ2v) is 6.93. The van der Waals surface area contributed by atoms with Crippen molar-refractivity contribution in [2.24, 2.45) is 0 Å². The van der Waals surface area contributed by atoms with E-state index in [4.69, 9.17) is 11.6 Å². The van der Waals surface area contributed by atoms with Gasteiger partial charge in [0.2, 0.25) is 0 Å².